The molecule has 1 amide bonds. The van der Waals surface area contributed by atoms with Crippen LogP contribution in [0.25, 0.3) is 0 Å². The molecule has 2 aliphatic rings. The molecule has 3 N–H and O–H groups in total. The molecule has 1 aliphatic carbocycles. The van der Waals surface area contributed by atoms with Crippen molar-refractivity contribution < 1.29 is 19.1 Å². The van der Waals surface area contributed by atoms with Gasteiger partial charge in [-0.15, -0.1) is 21.5 Å². The van der Waals surface area contributed by atoms with Crippen LogP contribution in [0.4, 0.5) is 10.8 Å². The number of carbonyl (C=O) groups is 2. The van der Waals surface area contributed by atoms with E-state index in [9.17, 15) is 14.9 Å². The third-order valence-corrected chi connectivity index (χ3v) is 10.2. The summed E-state index contributed by atoms with van der Waals surface area (Å²) in [5.74, 6) is 0.711. The van der Waals surface area contributed by atoms with E-state index in [1.165, 1.54) is 34.4 Å². The van der Waals surface area contributed by atoms with Gasteiger partial charge in [-0.1, -0.05) is 36.9 Å². The third kappa shape index (κ3) is 5.74. The number of hydrogen-bond acceptors (Lipinski definition) is 12. The number of ketones is 1. The fraction of sp³-hybridized carbons (Fsp3) is 0.345. The van der Waals surface area contributed by atoms with Crippen molar-refractivity contribution in [1.82, 2.24) is 10.2 Å². The van der Waals surface area contributed by atoms with E-state index in [4.69, 9.17) is 15.2 Å². The van der Waals surface area contributed by atoms with Gasteiger partial charge in [-0.05, 0) is 35.8 Å². The van der Waals surface area contributed by atoms with Gasteiger partial charge in [0.1, 0.15) is 17.3 Å². The predicted octanol–water partition coefficient (Wildman–Crippen LogP) is 5.60. The van der Waals surface area contributed by atoms with Crippen molar-refractivity contribution in [2.75, 3.05) is 30.2 Å². The Morgan fingerprint density at radius 3 is 2.57 bits per heavy atom. The fourth-order valence-corrected chi connectivity index (χ4v) is 7.95. The number of hydrogen-bond donors (Lipinski definition) is 2. The number of Topliss-reactive ketones (excluding diaryl/α,β-unsaturated/α-hetero) is 1. The number of carbonyl (C=O) groups excluding carboxylic acids is 2. The number of allylic oxidation sites excluding steroid dienone is 3. The first-order valence-electron chi connectivity index (χ1n) is 13.0. The summed E-state index contributed by atoms with van der Waals surface area (Å²) in [4.78, 5) is 29.1. The lowest BCUT2D eigenvalue weighted by Gasteiger charge is -2.42. The highest BCUT2D eigenvalue weighted by Gasteiger charge is 2.46. The lowest BCUT2D eigenvalue weighted by atomic mass is 9.69. The molecule has 0 radical (unpaired) electrons. The Morgan fingerprint density at radius 1 is 1.24 bits per heavy atom. The van der Waals surface area contributed by atoms with Crippen LogP contribution in [0, 0.1) is 23.7 Å². The number of methoxy groups -OCH3 is 2. The van der Waals surface area contributed by atoms with E-state index in [0.29, 0.717) is 50.6 Å². The summed E-state index contributed by atoms with van der Waals surface area (Å²) < 4.78 is 11.1. The minimum Gasteiger partial charge on any atom is -0.497 e. The molecular formula is C29H30N6O4S3. The van der Waals surface area contributed by atoms with Crippen LogP contribution in [-0.4, -0.2) is 41.9 Å². The quantitative estimate of drug-likeness (QED) is 0.305. The molecule has 1 atom stereocenters. The molecule has 0 fully saturated rings. The lowest BCUT2D eigenvalue weighted by molar-refractivity contribution is -0.118. The topological polar surface area (TPSA) is 143 Å². The van der Waals surface area contributed by atoms with Crippen LogP contribution < -0.4 is 25.4 Å². The number of anilines is 2. The molecule has 218 valence electrons. The van der Waals surface area contributed by atoms with E-state index in [2.05, 4.69) is 35.4 Å². The van der Waals surface area contributed by atoms with Crippen molar-refractivity contribution >= 4 is 56.9 Å². The van der Waals surface area contributed by atoms with Crippen molar-refractivity contribution in [2.24, 2.45) is 11.1 Å². The molecule has 1 aliphatic heterocycles. The molecule has 0 bridgehead atoms. The largest absolute Gasteiger partial charge is 0.497 e. The Bertz CT molecular complexity index is 1640. The van der Waals surface area contributed by atoms with Crippen molar-refractivity contribution in [3.05, 3.63) is 62.8 Å². The number of rotatable bonds is 8. The number of thiophene rings is 1. The third-order valence-electron chi connectivity index (χ3n) is 7.09. The van der Waals surface area contributed by atoms with Crippen LogP contribution in [-0.2, 0) is 9.59 Å². The summed E-state index contributed by atoms with van der Waals surface area (Å²) in [5.41, 5.74) is 9.65. The molecule has 1 aromatic carbocycles. The number of benzene rings is 1. The van der Waals surface area contributed by atoms with Gasteiger partial charge in [-0.3, -0.25) is 14.5 Å². The van der Waals surface area contributed by atoms with Crippen molar-refractivity contribution in [1.29, 1.82) is 5.26 Å². The molecule has 5 rings (SSSR count). The number of nitriles is 1. The Balaban J connectivity index is 1.42. The van der Waals surface area contributed by atoms with Gasteiger partial charge in [0.05, 0.1) is 37.5 Å². The summed E-state index contributed by atoms with van der Waals surface area (Å²) in [6.07, 6.45) is 0.966. The standard InChI is InChI=1S/C29H30N6O4S3/c1-15-6-7-40-25(15)23-19(13-30)26(31)35(20-11-29(2,3)12-21(36)24(20)23)27-33-34-28(42-27)41-14-22(37)32-16-8-17(38-4)10-18(9-16)39-5/h6-10,23H,11-12,14,31H2,1-5H3,(H,32,37). The van der Waals surface area contributed by atoms with E-state index in [1.807, 2.05) is 18.4 Å². The van der Waals surface area contributed by atoms with Gasteiger partial charge in [0.15, 0.2) is 10.1 Å². The Morgan fingerprint density at radius 2 is 1.95 bits per heavy atom. The smallest absolute Gasteiger partial charge is 0.234 e. The highest BCUT2D eigenvalue weighted by molar-refractivity contribution is 8.01. The van der Waals surface area contributed by atoms with Crippen LogP contribution in [0.5, 0.6) is 11.5 Å². The summed E-state index contributed by atoms with van der Waals surface area (Å²) in [5, 5.41) is 24.2. The summed E-state index contributed by atoms with van der Waals surface area (Å²) >= 11 is 4.01. The first-order valence-corrected chi connectivity index (χ1v) is 15.7. The number of ether oxygens (including phenoxy) is 2. The summed E-state index contributed by atoms with van der Waals surface area (Å²) in [7, 11) is 3.08. The van der Waals surface area contributed by atoms with E-state index in [0.717, 1.165) is 16.1 Å². The number of thioether (sulfide) groups is 1. The normalized spacial score (nSPS) is 18.0. The number of nitrogens with two attached hydrogens (primary N) is 1. The minimum absolute atomic E-state index is 0.00857. The van der Waals surface area contributed by atoms with Crippen LogP contribution in [0.2, 0.25) is 0 Å². The van der Waals surface area contributed by atoms with Crippen LogP contribution in [0.1, 0.15) is 43.0 Å². The number of nitrogens with one attached hydrogen (secondary N) is 1. The Labute approximate surface area is 256 Å². The van der Waals surface area contributed by atoms with Gasteiger partial charge in [0.25, 0.3) is 0 Å². The zero-order chi connectivity index (χ0) is 30.2. The SMILES string of the molecule is COc1cc(NC(=O)CSc2nnc(N3C(N)=C(C#N)C(c4sccc4C)C4=C3CC(C)(C)CC4=O)s2)cc(OC)c1. The second-order valence-corrected chi connectivity index (χ2v) is 13.9. The highest BCUT2D eigenvalue weighted by atomic mass is 32.2. The van der Waals surface area contributed by atoms with Gasteiger partial charge in [0, 0.05) is 46.5 Å². The highest BCUT2D eigenvalue weighted by Crippen LogP contribution is 2.52. The first kappa shape index (κ1) is 29.6. The second kappa shape index (κ2) is 11.8. The zero-order valence-electron chi connectivity index (χ0n) is 23.8. The number of aryl methyl sites for hydroxylation is 1. The van der Waals surface area contributed by atoms with Gasteiger partial charge < -0.3 is 20.5 Å². The predicted molar refractivity (Wildman–Crippen MR) is 165 cm³/mol. The van der Waals surface area contributed by atoms with Gasteiger partial charge in [0.2, 0.25) is 11.0 Å². The molecule has 10 nitrogen and oxygen atoms in total. The van der Waals surface area contributed by atoms with Crippen LogP contribution >= 0.6 is 34.4 Å². The molecule has 42 heavy (non-hydrogen) atoms. The number of aromatic nitrogens is 2. The maximum absolute atomic E-state index is 13.7. The molecule has 2 aromatic heterocycles. The minimum atomic E-state index is -0.509. The lowest BCUT2D eigenvalue weighted by Crippen LogP contribution is -2.42. The summed E-state index contributed by atoms with van der Waals surface area (Å²) in [6.45, 7) is 6.09. The Hall–Kier alpha value is -3.86. The van der Waals surface area contributed by atoms with Crippen molar-refractivity contribution in [3.8, 4) is 17.6 Å². The monoisotopic (exact) mass is 622 g/mol. The van der Waals surface area contributed by atoms with Crippen LogP contribution in [0.15, 0.2) is 56.6 Å². The Kier molecular flexibility index (Phi) is 8.32. The number of amides is 1. The second-order valence-electron chi connectivity index (χ2n) is 10.7. The van der Waals surface area contributed by atoms with Gasteiger partial charge in [-0.2, -0.15) is 5.26 Å². The first-order chi connectivity index (χ1) is 20.0. The summed E-state index contributed by atoms with van der Waals surface area (Å²) in [6, 6.07) is 9.41. The maximum atomic E-state index is 13.7. The molecule has 3 aromatic rings. The average molecular weight is 623 g/mol. The van der Waals surface area contributed by atoms with E-state index in [-0.39, 0.29) is 28.7 Å². The van der Waals surface area contributed by atoms with Crippen molar-refractivity contribution in [2.45, 2.75) is 43.9 Å². The van der Waals surface area contributed by atoms with Crippen LogP contribution in [0.3, 0.4) is 0 Å². The molecule has 13 heteroatoms. The maximum Gasteiger partial charge on any atom is 0.234 e. The fourth-order valence-electron chi connectivity index (χ4n) is 5.22. The van der Waals surface area contributed by atoms with E-state index < -0.39 is 5.92 Å². The zero-order valence-corrected chi connectivity index (χ0v) is 26.3. The number of nitrogens with zero attached hydrogens (tertiary/aromatic N) is 4. The van der Waals surface area contributed by atoms with Crippen molar-refractivity contribution in [3.63, 3.8) is 0 Å². The molecule has 3 heterocycles. The molecule has 0 saturated heterocycles. The average Bonchev–Trinajstić information content (AvgIpc) is 3.59. The van der Waals surface area contributed by atoms with Gasteiger partial charge >= 0.3 is 0 Å². The van der Waals surface area contributed by atoms with E-state index in [1.54, 1.807) is 37.3 Å². The van der Waals surface area contributed by atoms with Gasteiger partial charge in [-0.25, -0.2) is 0 Å². The molecule has 0 saturated carbocycles. The molecule has 1 unspecified atom stereocenters. The van der Waals surface area contributed by atoms with E-state index >= 15 is 0 Å². The molecular weight excluding hydrogens is 593 g/mol. The molecule has 0 spiro atoms.